The van der Waals surface area contributed by atoms with E-state index in [4.69, 9.17) is 4.74 Å². The van der Waals surface area contributed by atoms with Crippen molar-refractivity contribution in [1.29, 1.82) is 0 Å². The van der Waals surface area contributed by atoms with Crippen molar-refractivity contribution < 1.29 is 9.53 Å². The number of anilines is 1. The molecule has 0 saturated heterocycles. The van der Waals surface area contributed by atoms with E-state index < -0.39 is 0 Å². The largest absolute Gasteiger partial charge is 0.465 e. The van der Waals surface area contributed by atoms with Crippen molar-refractivity contribution in [2.45, 2.75) is 32.7 Å². The molecule has 0 bridgehead atoms. The molecule has 1 saturated carbocycles. The molecular formula is C14H17N3O2S. The van der Waals surface area contributed by atoms with Crippen molar-refractivity contribution in [3.05, 3.63) is 17.3 Å². The van der Waals surface area contributed by atoms with E-state index in [9.17, 15) is 4.79 Å². The number of esters is 1. The number of nitrogens with zero attached hydrogens (tertiary/aromatic N) is 3. The fraction of sp³-hybridized carbons (Fsp3) is 0.500. The summed E-state index contributed by atoms with van der Waals surface area (Å²) in [5.41, 5.74) is 0. The third-order valence-corrected chi connectivity index (χ3v) is 4.25. The summed E-state index contributed by atoms with van der Waals surface area (Å²) in [5, 5.41) is 1.03. The van der Waals surface area contributed by atoms with Crippen LogP contribution in [0.15, 0.2) is 12.4 Å². The number of fused-ring (bicyclic) bond motifs is 1. The van der Waals surface area contributed by atoms with Gasteiger partial charge in [-0.3, -0.25) is 4.79 Å². The minimum absolute atomic E-state index is 0.196. The Morgan fingerprint density at radius 3 is 3.00 bits per heavy atom. The molecule has 5 nitrogen and oxygen atoms in total. The Bertz CT molecular complexity index is 636. The SMILES string of the molecule is CCOC(=O)CN(c1ncnc2sc(C)cc12)C1CC1. The van der Waals surface area contributed by atoms with Crippen molar-refractivity contribution in [3.8, 4) is 0 Å². The molecule has 0 spiro atoms. The van der Waals surface area contributed by atoms with E-state index in [1.807, 2.05) is 6.92 Å². The molecular weight excluding hydrogens is 274 g/mol. The molecule has 0 aromatic carbocycles. The second-order valence-corrected chi connectivity index (χ2v) is 6.17. The zero-order valence-electron chi connectivity index (χ0n) is 11.6. The number of thiophene rings is 1. The topological polar surface area (TPSA) is 55.3 Å². The predicted octanol–water partition coefficient (Wildman–Crippen LogP) is 2.53. The number of hydrogen-bond acceptors (Lipinski definition) is 6. The Kier molecular flexibility index (Phi) is 3.56. The van der Waals surface area contributed by atoms with Gasteiger partial charge in [0.05, 0.1) is 12.0 Å². The van der Waals surface area contributed by atoms with E-state index in [1.54, 1.807) is 17.7 Å². The Morgan fingerprint density at radius 2 is 2.30 bits per heavy atom. The number of carbonyl (C=O) groups excluding carboxylic acids is 1. The lowest BCUT2D eigenvalue weighted by Crippen LogP contribution is -2.33. The van der Waals surface area contributed by atoms with Crippen LogP contribution in [0.2, 0.25) is 0 Å². The smallest absolute Gasteiger partial charge is 0.325 e. The minimum Gasteiger partial charge on any atom is -0.465 e. The molecule has 6 heteroatoms. The second-order valence-electron chi connectivity index (χ2n) is 4.94. The monoisotopic (exact) mass is 291 g/mol. The Hall–Kier alpha value is -1.69. The minimum atomic E-state index is -0.196. The number of ether oxygens (including phenoxy) is 1. The first-order chi connectivity index (χ1) is 9.69. The van der Waals surface area contributed by atoms with Gasteiger partial charge in [-0.05, 0) is 32.8 Å². The average Bonchev–Trinajstić information content (AvgIpc) is 3.17. The van der Waals surface area contributed by atoms with E-state index in [1.165, 1.54) is 4.88 Å². The van der Waals surface area contributed by atoms with Crippen LogP contribution in [0, 0.1) is 6.92 Å². The van der Waals surface area contributed by atoms with E-state index in [0.717, 1.165) is 28.9 Å². The van der Waals surface area contributed by atoms with Crippen molar-refractivity contribution in [3.63, 3.8) is 0 Å². The van der Waals surface area contributed by atoms with Gasteiger partial charge in [-0.25, -0.2) is 9.97 Å². The second kappa shape index (κ2) is 5.36. The first kappa shape index (κ1) is 13.3. The molecule has 2 aromatic heterocycles. The fourth-order valence-electron chi connectivity index (χ4n) is 2.30. The molecule has 20 heavy (non-hydrogen) atoms. The number of aryl methyl sites for hydroxylation is 1. The van der Waals surface area contributed by atoms with Crippen molar-refractivity contribution in [2.24, 2.45) is 0 Å². The van der Waals surface area contributed by atoms with Gasteiger partial charge in [0.15, 0.2) is 0 Å². The number of aromatic nitrogens is 2. The number of rotatable bonds is 5. The molecule has 2 heterocycles. The molecule has 0 N–H and O–H groups in total. The zero-order valence-corrected chi connectivity index (χ0v) is 12.4. The quantitative estimate of drug-likeness (QED) is 0.792. The van der Waals surface area contributed by atoms with Gasteiger partial charge >= 0.3 is 5.97 Å². The van der Waals surface area contributed by atoms with Gasteiger partial charge in [-0.1, -0.05) is 0 Å². The molecule has 1 aliphatic rings. The third kappa shape index (κ3) is 2.60. The first-order valence-corrected chi connectivity index (χ1v) is 7.64. The maximum Gasteiger partial charge on any atom is 0.325 e. The highest BCUT2D eigenvalue weighted by atomic mass is 32.1. The zero-order chi connectivity index (χ0) is 14.1. The molecule has 0 radical (unpaired) electrons. The molecule has 0 amide bonds. The van der Waals surface area contributed by atoms with Crippen LogP contribution in [-0.4, -0.2) is 35.1 Å². The van der Waals surface area contributed by atoms with Crippen LogP contribution in [0.3, 0.4) is 0 Å². The summed E-state index contributed by atoms with van der Waals surface area (Å²) in [4.78, 5) is 24.7. The summed E-state index contributed by atoms with van der Waals surface area (Å²) in [6.45, 7) is 4.56. The van der Waals surface area contributed by atoms with Crippen LogP contribution in [0.25, 0.3) is 10.2 Å². The molecule has 106 valence electrons. The van der Waals surface area contributed by atoms with E-state index >= 15 is 0 Å². The highest BCUT2D eigenvalue weighted by molar-refractivity contribution is 7.18. The first-order valence-electron chi connectivity index (χ1n) is 6.82. The van der Waals surface area contributed by atoms with Crippen molar-refractivity contribution in [1.82, 2.24) is 9.97 Å². The number of carbonyl (C=O) groups is 1. The molecule has 0 atom stereocenters. The van der Waals surface area contributed by atoms with Crippen molar-refractivity contribution in [2.75, 3.05) is 18.1 Å². The lowest BCUT2D eigenvalue weighted by atomic mass is 10.3. The predicted molar refractivity (Wildman–Crippen MR) is 79.2 cm³/mol. The number of hydrogen-bond donors (Lipinski definition) is 0. The van der Waals surface area contributed by atoms with E-state index in [-0.39, 0.29) is 12.5 Å². The fourth-order valence-corrected chi connectivity index (χ4v) is 3.14. The summed E-state index contributed by atoms with van der Waals surface area (Å²) in [7, 11) is 0. The van der Waals surface area contributed by atoms with Gasteiger partial charge in [0.2, 0.25) is 0 Å². The summed E-state index contributed by atoms with van der Waals surface area (Å²) in [6.07, 6.45) is 3.79. The summed E-state index contributed by atoms with van der Waals surface area (Å²) in [6, 6.07) is 2.49. The maximum atomic E-state index is 11.8. The van der Waals surface area contributed by atoms with Crippen LogP contribution in [0.1, 0.15) is 24.6 Å². The average molecular weight is 291 g/mol. The Balaban J connectivity index is 1.95. The van der Waals surface area contributed by atoms with Crippen molar-refractivity contribution >= 4 is 33.3 Å². The molecule has 3 rings (SSSR count). The standard InChI is InChI=1S/C14H17N3O2S/c1-3-19-12(18)7-17(10-4-5-10)13-11-6-9(2)20-14(11)16-8-15-13/h6,8,10H,3-5,7H2,1-2H3. The summed E-state index contributed by atoms with van der Waals surface area (Å²) < 4.78 is 5.07. The Morgan fingerprint density at radius 1 is 1.50 bits per heavy atom. The van der Waals surface area contributed by atoms with Gasteiger partial charge in [0.25, 0.3) is 0 Å². The normalized spacial score (nSPS) is 14.5. The Labute approximate surface area is 121 Å². The van der Waals surface area contributed by atoms with Gasteiger partial charge < -0.3 is 9.64 Å². The van der Waals surface area contributed by atoms with Crippen LogP contribution in [0.5, 0.6) is 0 Å². The maximum absolute atomic E-state index is 11.8. The third-order valence-electron chi connectivity index (χ3n) is 3.30. The molecule has 0 unspecified atom stereocenters. The lowest BCUT2D eigenvalue weighted by Gasteiger charge is -2.22. The summed E-state index contributed by atoms with van der Waals surface area (Å²) >= 11 is 1.65. The molecule has 0 aliphatic heterocycles. The van der Waals surface area contributed by atoms with Gasteiger partial charge in [-0.15, -0.1) is 11.3 Å². The van der Waals surface area contributed by atoms with E-state index in [2.05, 4.69) is 27.9 Å². The van der Waals surface area contributed by atoms with Crippen LogP contribution >= 0.6 is 11.3 Å². The molecule has 1 fully saturated rings. The van der Waals surface area contributed by atoms with Gasteiger partial charge in [0.1, 0.15) is 23.5 Å². The van der Waals surface area contributed by atoms with Gasteiger partial charge in [-0.2, -0.15) is 0 Å². The highest BCUT2D eigenvalue weighted by Crippen LogP contribution is 2.36. The lowest BCUT2D eigenvalue weighted by molar-refractivity contribution is -0.141. The van der Waals surface area contributed by atoms with Gasteiger partial charge in [0, 0.05) is 10.9 Å². The van der Waals surface area contributed by atoms with Crippen LogP contribution in [0.4, 0.5) is 5.82 Å². The summed E-state index contributed by atoms with van der Waals surface area (Å²) in [5.74, 6) is 0.660. The van der Waals surface area contributed by atoms with Crippen LogP contribution < -0.4 is 4.90 Å². The molecule has 1 aliphatic carbocycles. The van der Waals surface area contributed by atoms with Crippen LogP contribution in [-0.2, 0) is 9.53 Å². The molecule has 2 aromatic rings. The van der Waals surface area contributed by atoms with E-state index in [0.29, 0.717) is 12.6 Å². The highest BCUT2D eigenvalue weighted by Gasteiger charge is 2.33.